The Bertz CT molecular complexity index is 1350. The maximum atomic E-state index is 13.2. The van der Waals surface area contributed by atoms with Gasteiger partial charge in [0.15, 0.2) is 5.69 Å². The van der Waals surface area contributed by atoms with Crippen molar-refractivity contribution in [3.8, 4) is 5.75 Å². The molecule has 7 nitrogen and oxygen atoms in total. The Hall–Kier alpha value is -3.87. The largest absolute Gasteiger partial charge is 0.488 e. The normalized spacial score (nSPS) is 11.0. The number of hydrogen-bond acceptors (Lipinski definition) is 5. The molecular weight excluding hydrogens is 428 g/mol. The number of nitrogens with zero attached hydrogens (tertiary/aromatic N) is 3. The summed E-state index contributed by atoms with van der Waals surface area (Å²) in [7, 11) is 0. The predicted octanol–water partition coefficient (Wildman–Crippen LogP) is 5.60. The Morgan fingerprint density at radius 1 is 1.03 bits per heavy atom. The lowest BCUT2D eigenvalue weighted by molar-refractivity contribution is 0.101. The first kappa shape index (κ1) is 23.3. The zero-order chi connectivity index (χ0) is 24.4. The first-order valence-electron chi connectivity index (χ1n) is 11.3. The number of ether oxygens (including phenoxy) is 1. The zero-order valence-corrected chi connectivity index (χ0v) is 20.5. The minimum atomic E-state index is -0.349. The number of amides is 1. The first-order valence-corrected chi connectivity index (χ1v) is 11.3. The van der Waals surface area contributed by atoms with Crippen molar-refractivity contribution < 1.29 is 14.1 Å². The SMILES string of the molecule is Cc1cccc(Cn2nc(C)c(NC(=O)c3noc(C)c3COc3cc(C)ccc3C)c2C)c1. The summed E-state index contributed by atoms with van der Waals surface area (Å²) < 4.78 is 13.3. The average molecular weight is 459 g/mol. The minimum absolute atomic E-state index is 0.187. The van der Waals surface area contributed by atoms with Crippen LogP contribution in [0.4, 0.5) is 5.69 Å². The predicted molar refractivity (Wildman–Crippen MR) is 131 cm³/mol. The third kappa shape index (κ3) is 4.88. The second-order valence-electron chi connectivity index (χ2n) is 8.77. The molecule has 1 N–H and O–H groups in total. The van der Waals surface area contributed by atoms with Crippen LogP contribution in [0.1, 0.15) is 55.5 Å². The van der Waals surface area contributed by atoms with Crippen LogP contribution in [0.5, 0.6) is 5.75 Å². The standard InChI is InChI=1S/C27H30N4O3/c1-16-8-7-9-22(12-16)14-31-20(5)25(19(4)29-31)28-27(32)26-23(21(6)34-30-26)15-33-24-13-17(2)10-11-18(24)3/h7-13H,14-15H2,1-6H3,(H,28,32). The van der Waals surface area contributed by atoms with Gasteiger partial charge in [0.25, 0.3) is 5.91 Å². The highest BCUT2D eigenvalue weighted by atomic mass is 16.5. The van der Waals surface area contributed by atoms with Crippen molar-refractivity contribution in [3.05, 3.63) is 93.1 Å². The number of carbonyl (C=O) groups is 1. The van der Waals surface area contributed by atoms with Crippen molar-refractivity contribution in [3.63, 3.8) is 0 Å². The summed E-state index contributed by atoms with van der Waals surface area (Å²) in [6.07, 6.45) is 0. The molecule has 0 saturated heterocycles. The summed E-state index contributed by atoms with van der Waals surface area (Å²) in [6, 6.07) is 14.3. The van der Waals surface area contributed by atoms with Gasteiger partial charge < -0.3 is 14.6 Å². The maximum Gasteiger partial charge on any atom is 0.278 e. The monoisotopic (exact) mass is 458 g/mol. The number of carbonyl (C=O) groups excluding carboxylic acids is 1. The molecule has 0 atom stereocenters. The number of nitrogens with one attached hydrogen (secondary N) is 1. The smallest absolute Gasteiger partial charge is 0.278 e. The second-order valence-corrected chi connectivity index (χ2v) is 8.77. The van der Waals surface area contributed by atoms with E-state index in [4.69, 9.17) is 9.26 Å². The molecule has 0 aliphatic carbocycles. The Kier molecular flexibility index (Phi) is 6.54. The summed E-state index contributed by atoms with van der Waals surface area (Å²) in [5.41, 5.74) is 7.62. The molecule has 2 heterocycles. The molecule has 0 spiro atoms. The molecule has 0 radical (unpaired) electrons. The molecule has 7 heteroatoms. The van der Waals surface area contributed by atoms with Crippen LogP contribution in [0, 0.1) is 41.5 Å². The van der Waals surface area contributed by atoms with E-state index in [-0.39, 0.29) is 18.2 Å². The van der Waals surface area contributed by atoms with Gasteiger partial charge in [-0.2, -0.15) is 5.10 Å². The fourth-order valence-electron chi connectivity index (χ4n) is 3.94. The van der Waals surface area contributed by atoms with Crippen molar-refractivity contribution in [1.82, 2.24) is 14.9 Å². The number of benzene rings is 2. The van der Waals surface area contributed by atoms with E-state index in [1.54, 1.807) is 6.92 Å². The number of aromatic nitrogens is 3. The van der Waals surface area contributed by atoms with Crippen molar-refractivity contribution in [2.75, 3.05) is 5.32 Å². The Labute approximate surface area is 199 Å². The third-order valence-corrected chi connectivity index (χ3v) is 5.95. The highest BCUT2D eigenvalue weighted by molar-refractivity contribution is 6.04. The Balaban J connectivity index is 1.52. The molecule has 0 aliphatic heterocycles. The van der Waals surface area contributed by atoms with E-state index >= 15 is 0 Å². The number of anilines is 1. The molecule has 1 amide bonds. The van der Waals surface area contributed by atoms with Crippen LogP contribution in [0.25, 0.3) is 0 Å². The molecule has 2 aromatic heterocycles. The van der Waals surface area contributed by atoms with Gasteiger partial charge in [-0.15, -0.1) is 0 Å². The van der Waals surface area contributed by atoms with E-state index in [2.05, 4.69) is 40.7 Å². The van der Waals surface area contributed by atoms with Gasteiger partial charge in [0.05, 0.1) is 29.2 Å². The van der Waals surface area contributed by atoms with Crippen molar-refractivity contribution in [2.45, 2.75) is 54.7 Å². The maximum absolute atomic E-state index is 13.2. The quantitative estimate of drug-likeness (QED) is 0.390. The Morgan fingerprint density at radius 3 is 2.56 bits per heavy atom. The van der Waals surface area contributed by atoms with E-state index in [9.17, 15) is 4.79 Å². The number of aryl methyl sites for hydroxylation is 5. The molecular formula is C27H30N4O3. The van der Waals surface area contributed by atoms with Crippen molar-refractivity contribution in [2.24, 2.45) is 0 Å². The summed E-state index contributed by atoms with van der Waals surface area (Å²) in [6.45, 7) is 12.5. The molecule has 34 heavy (non-hydrogen) atoms. The van der Waals surface area contributed by atoms with Gasteiger partial charge in [-0.05, 0) is 64.3 Å². The molecule has 4 rings (SSSR count). The Morgan fingerprint density at radius 2 is 1.79 bits per heavy atom. The van der Waals surface area contributed by atoms with Crippen LogP contribution in [0.3, 0.4) is 0 Å². The van der Waals surface area contributed by atoms with Crippen LogP contribution in [0.2, 0.25) is 0 Å². The number of hydrogen-bond donors (Lipinski definition) is 1. The van der Waals surface area contributed by atoms with Crippen LogP contribution in [0.15, 0.2) is 47.0 Å². The fourth-order valence-corrected chi connectivity index (χ4v) is 3.94. The summed E-state index contributed by atoms with van der Waals surface area (Å²) >= 11 is 0. The van der Waals surface area contributed by atoms with Gasteiger partial charge in [-0.3, -0.25) is 9.48 Å². The topological polar surface area (TPSA) is 82.2 Å². The van der Waals surface area contributed by atoms with Gasteiger partial charge in [-0.1, -0.05) is 47.1 Å². The summed E-state index contributed by atoms with van der Waals surface area (Å²) in [4.78, 5) is 13.2. The van der Waals surface area contributed by atoms with Crippen LogP contribution in [-0.2, 0) is 13.2 Å². The van der Waals surface area contributed by atoms with E-state index < -0.39 is 0 Å². The first-order chi connectivity index (χ1) is 16.2. The lowest BCUT2D eigenvalue weighted by atomic mass is 10.1. The van der Waals surface area contributed by atoms with Gasteiger partial charge >= 0.3 is 0 Å². The molecule has 2 aromatic carbocycles. The molecule has 4 aromatic rings. The summed E-state index contributed by atoms with van der Waals surface area (Å²) in [5.74, 6) is 0.979. The molecule has 0 saturated carbocycles. The van der Waals surface area contributed by atoms with Gasteiger partial charge in [0.1, 0.15) is 18.1 Å². The molecule has 0 bridgehead atoms. The zero-order valence-electron chi connectivity index (χ0n) is 20.5. The lowest BCUT2D eigenvalue weighted by Gasteiger charge is -2.11. The molecule has 0 unspecified atom stereocenters. The highest BCUT2D eigenvalue weighted by Gasteiger charge is 2.23. The molecule has 176 valence electrons. The van der Waals surface area contributed by atoms with E-state index in [1.165, 1.54) is 5.56 Å². The minimum Gasteiger partial charge on any atom is -0.488 e. The second kappa shape index (κ2) is 9.55. The van der Waals surface area contributed by atoms with E-state index in [0.717, 1.165) is 33.8 Å². The van der Waals surface area contributed by atoms with Crippen LogP contribution < -0.4 is 10.1 Å². The highest BCUT2D eigenvalue weighted by Crippen LogP contribution is 2.25. The van der Waals surface area contributed by atoms with Crippen LogP contribution in [-0.4, -0.2) is 20.8 Å². The fraction of sp³-hybridized carbons (Fsp3) is 0.296. The van der Waals surface area contributed by atoms with Crippen molar-refractivity contribution in [1.29, 1.82) is 0 Å². The summed E-state index contributed by atoms with van der Waals surface area (Å²) in [5, 5.41) is 11.6. The van der Waals surface area contributed by atoms with Gasteiger partial charge in [0.2, 0.25) is 0 Å². The van der Waals surface area contributed by atoms with E-state index in [0.29, 0.717) is 23.6 Å². The lowest BCUT2D eigenvalue weighted by Crippen LogP contribution is -2.16. The molecule has 0 aliphatic rings. The third-order valence-electron chi connectivity index (χ3n) is 5.95. The van der Waals surface area contributed by atoms with Gasteiger partial charge in [-0.25, -0.2) is 0 Å². The van der Waals surface area contributed by atoms with E-state index in [1.807, 2.05) is 56.6 Å². The average Bonchev–Trinajstić information content (AvgIpc) is 3.28. The van der Waals surface area contributed by atoms with Gasteiger partial charge in [0, 0.05) is 0 Å². The van der Waals surface area contributed by atoms with Crippen LogP contribution >= 0.6 is 0 Å². The number of rotatable bonds is 7. The van der Waals surface area contributed by atoms with Crippen molar-refractivity contribution >= 4 is 11.6 Å². The molecule has 0 fully saturated rings.